The summed E-state index contributed by atoms with van der Waals surface area (Å²) in [6, 6.07) is 6.15. The molecule has 0 bridgehead atoms. The second-order valence-corrected chi connectivity index (χ2v) is 9.65. The molecule has 1 amide bonds. The molecule has 3 aromatic rings. The third kappa shape index (κ3) is 3.55. The Morgan fingerprint density at radius 1 is 1.21 bits per heavy atom. The molecule has 3 aliphatic rings. The second-order valence-electron chi connectivity index (χ2n) is 9.65. The van der Waals surface area contributed by atoms with Crippen LogP contribution in [0.25, 0.3) is 22.6 Å². The predicted octanol–water partition coefficient (Wildman–Crippen LogP) is 3.98. The van der Waals surface area contributed by atoms with E-state index in [9.17, 15) is 4.79 Å². The lowest BCUT2D eigenvalue weighted by atomic mass is 9.89. The van der Waals surface area contributed by atoms with E-state index in [1.54, 1.807) is 6.20 Å². The summed E-state index contributed by atoms with van der Waals surface area (Å²) < 4.78 is 5.59. The lowest BCUT2D eigenvalue weighted by Gasteiger charge is -2.46. The molecular weight excluding hydrogens is 430 g/mol. The molecule has 34 heavy (non-hydrogen) atoms. The van der Waals surface area contributed by atoms with Crippen LogP contribution >= 0.6 is 0 Å². The van der Waals surface area contributed by atoms with E-state index >= 15 is 0 Å². The fraction of sp³-hybridized carbons (Fsp3) is 0.480. The van der Waals surface area contributed by atoms with Crippen LogP contribution in [0.1, 0.15) is 45.5 Å². The quantitative estimate of drug-likeness (QED) is 0.605. The minimum Gasteiger partial charge on any atom is -0.381 e. The zero-order valence-corrected chi connectivity index (χ0v) is 19.4. The summed E-state index contributed by atoms with van der Waals surface area (Å²) in [5, 5.41) is 9.94. The third-order valence-corrected chi connectivity index (χ3v) is 7.58. The van der Waals surface area contributed by atoms with Gasteiger partial charge in [0.2, 0.25) is 0 Å². The van der Waals surface area contributed by atoms with Gasteiger partial charge in [-0.3, -0.25) is 9.89 Å². The second kappa shape index (κ2) is 8.47. The number of benzene rings is 1. The third-order valence-electron chi connectivity index (χ3n) is 7.58. The van der Waals surface area contributed by atoms with Crippen LogP contribution in [-0.2, 0) is 9.53 Å². The van der Waals surface area contributed by atoms with E-state index in [2.05, 4.69) is 49.4 Å². The van der Waals surface area contributed by atoms with Gasteiger partial charge in [-0.1, -0.05) is 25.0 Å². The number of nitrogens with zero attached hydrogens (tertiary/aromatic N) is 5. The highest BCUT2D eigenvalue weighted by Crippen LogP contribution is 2.45. The molecule has 2 fully saturated rings. The number of hydrogen-bond acceptors (Lipinski definition) is 7. The van der Waals surface area contributed by atoms with Gasteiger partial charge in [-0.2, -0.15) is 5.10 Å². The highest BCUT2D eigenvalue weighted by atomic mass is 16.5. The van der Waals surface area contributed by atoms with E-state index in [1.165, 1.54) is 6.33 Å². The molecule has 1 aliphatic carbocycles. The van der Waals surface area contributed by atoms with E-state index in [0.717, 1.165) is 92.3 Å². The number of aryl methyl sites for hydroxylation is 1. The van der Waals surface area contributed by atoms with E-state index in [-0.39, 0.29) is 7.33 Å². The molecule has 9 nitrogen and oxygen atoms in total. The molecule has 0 atom stereocenters. The fourth-order valence-corrected chi connectivity index (χ4v) is 5.68. The number of aromatic amines is 1. The Balaban J connectivity index is 0.00000253. The Bertz CT molecular complexity index is 1200. The number of fused-ring (bicyclic) bond motifs is 1. The number of rotatable bonds is 4. The zero-order chi connectivity index (χ0) is 23.1. The molecule has 2 aliphatic heterocycles. The number of aromatic nitrogens is 5. The summed E-state index contributed by atoms with van der Waals surface area (Å²) in [5.41, 5.74) is 3.35. The van der Waals surface area contributed by atoms with Gasteiger partial charge in [0.05, 0.1) is 11.9 Å². The van der Waals surface area contributed by atoms with Crippen molar-refractivity contribution < 1.29 is 11.0 Å². The maximum Gasteiger partial charge on any atom is 0.251 e. The molecule has 2 N–H and O–H groups in total. The minimum atomic E-state index is -0.524. The molecule has 9 heteroatoms. The van der Waals surface area contributed by atoms with E-state index < -0.39 is 5.54 Å². The molecule has 0 unspecified atom stereocenters. The summed E-state index contributed by atoms with van der Waals surface area (Å²) in [6.07, 6.45) is 9.13. The number of hydrogen-bond donors (Lipinski definition) is 2. The summed E-state index contributed by atoms with van der Waals surface area (Å²) in [7, 11) is 0. The smallest absolute Gasteiger partial charge is 0.251 e. The Kier molecular flexibility index (Phi) is 5.28. The van der Waals surface area contributed by atoms with Crippen LogP contribution in [0.15, 0.2) is 30.7 Å². The normalized spacial score (nSPS) is 19.9. The standard InChI is InChI=1S/C25H29N7O2.H2/c1-16-12-18(21-27-15-28-31-21)4-5-19(16)20-13-26-22-23(29-20)32(14-17-6-10-34-11-7-17)25(24(33)30-22)8-2-3-9-25;/h4-5,12-13,15,17H,2-3,6-11,14H2,1H3,(H,26,30,33)(H,27,28,31);1H. The van der Waals surface area contributed by atoms with Crippen molar-refractivity contribution in [2.75, 3.05) is 30.0 Å². The Labute approximate surface area is 199 Å². The van der Waals surface area contributed by atoms with Gasteiger partial charge < -0.3 is 15.0 Å². The number of anilines is 2. The van der Waals surface area contributed by atoms with Crippen molar-refractivity contribution in [3.63, 3.8) is 0 Å². The van der Waals surface area contributed by atoms with Crippen molar-refractivity contribution in [3.8, 4) is 22.6 Å². The molecule has 1 saturated carbocycles. The van der Waals surface area contributed by atoms with Crippen LogP contribution in [0.3, 0.4) is 0 Å². The van der Waals surface area contributed by atoms with Crippen molar-refractivity contribution in [2.45, 2.75) is 51.0 Å². The Hall–Kier alpha value is -3.33. The minimum absolute atomic E-state index is 0. The van der Waals surface area contributed by atoms with Crippen molar-refractivity contribution in [1.82, 2.24) is 25.1 Å². The molecule has 0 radical (unpaired) electrons. The number of carbonyl (C=O) groups is 1. The molecule has 1 spiro atoms. The first-order valence-electron chi connectivity index (χ1n) is 12.1. The monoisotopic (exact) mass is 461 g/mol. The zero-order valence-electron chi connectivity index (χ0n) is 19.4. The topological polar surface area (TPSA) is 109 Å². The van der Waals surface area contributed by atoms with Gasteiger partial charge in [0.15, 0.2) is 17.5 Å². The summed E-state index contributed by atoms with van der Waals surface area (Å²) in [5.74, 6) is 2.65. The van der Waals surface area contributed by atoms with Crippen LogP contribution < -0.4 is 10.2 Å². The summed E-state index contributed by atoms with van der Waals surface area (Å²) in [6.45, 7) is 4.45. The first-order chi connectivity index (χ1) is 16.6. The molecule has 178 valence electrons. The molecule has 1 aromatic carbocycles. The van der Waals surface area contributed by atoms with Crippen LogP contribution in [0.5, 0.6) is 0 Å². The van der Waals surface area contributed by atoms with Gasteiger partial charge in [0, 0.05) is 32.3 Å². The van der Waals surface area contributed by atoms with Gasteiger partial charge in [0.1, 0.15) is 11.9 Å². The molecular formula is C25H31N7O2. The average Bonchev–Trinajstić information content (AvgIpc) is 3.56. The van der Waals surface area contributed by atoms with Crippen LogP contribution in [-0.4, -0.2) is 56.4 Å². The predicted molar refractivity (Wildman–Crippen MR) is 130 cm³/mol. The lowest BCUT2D eigenvalue weighted by Crippen LogP contribution is -2.60. The number of amides is 1. The van der Waals surface area contributed by atoms with Gasteiger partial charge in [-0.25, -0.2) is 15.0 Å². The molecule has 2 aromatic heterocycles. The highest BCUT2D eigenvalue weighted by molar-refractivity contribution is 6.05. The highest BCUT2D eigenvalue weighted by Gasteiger charge is 2.51. The number of carbonyl (C=O) groups excluding carboxylic acids is 1. The largest absolute Gasteiger partial charge is 0.381 e. The van der Waals surface area contributed by atoms with Crippen molar-refractivity contribution >= 4 is 17.5 Å². The molecule has 4 heterocycles. The SMILES string of the molecule is Cc1cc(-c2ncn[nH]2)ccc1-c1cnc2c(n1)N(CC1CCOCC1)C1(CCCC1)C(=O)N2.[HH]. The molecule has 6 rings (SSSR count). The number of H-pyrrole nitrogens is 1. The Morgan fingerprint density at radius 3 is 2.76 bits per heavy atom. The summed E-state index contributed by atoms with van der Waals surface area (Å²) >= 11 is 0. The van der Waals surface area contributed by atoms with E-state index in [4.69, 9.17) is 9.72 Å². The van der Waals surface area contributed by atoms with Gasteiger partial charge >= 0.3 is 0 Å². The maximum atomic E-state index is 13.3. The van der Waals surface area contributed by atoms with Crippen LogP contribution in [0.4, 0.5) is 11.6 Å². The number of nitrogens with one attached hydrogen (secondary N) is 2. The van der Waals surface area contributed by atoms with Crippen LogP contribution in [0, 0.1) is 12.8 Å². The van der Waals surface area contributed by atoms with Gasteiger partial charge in [-0.05, 0) is 50.2 Å². The fourth-order valence-electron chi connectivity index (χ4n) is 5.68. The van der Waals surface area contributed by atoms with Crippen LogP contribution in [0.2, 0.25) is 0 Å². The first kappa shape index (κ1) is 21.2. The van der Waals surface area contributed by atoms with Crippen molar-refractivity contribution in [3.05, 3.63) is 36.3 Å². The van der Waals surface area contributed by atoms with E-state index in [0.29, 0.717) is 11.7 Å². The van der Waals surface area contributed by atoms with Gasteiger partial charge in [0.25, 0.3) is 5.91 Å². The first-order valence-corrected chi connectivity index (χ1v) is 12.1. The molecule has 1 saturated heterocycles. The van der Waals surface area contributed by atoms with E-state index in [1.807, 2.05) is 6.07 Å². The number of ether oxygens (including phenoxy) is 1. The summed E-state index contributed by atoms with van der Waals surface area (Å²) in [4.78, 5) is 29.7. The maximum absolute atomic E-state index is 13.3. The Morgan fingerprint density at radius 2 is 2.03 bits per heavy atom. The van der Waals surface area contributed by atoms with Crippen molar-refractivity contribution in [2.24, 2.45) is 5.92 Å². The average molecular weight is 462 g/mol. The van der Waals surface area contributed by atoms with Crippen molar-refractivity contribution in [1.29, 1.82) is 0 Å². The lowest BCUT2D eigenvalue weighted by molar-refractivity contribution is -0.121. The van der Waals surface area contributed by atoms with Gasteiger partial charge in [-0.15, -0.1) is 0 Å².